The summed E-state index contributed by atoms with van der Waals surface area (Å²) in [6.45, 7) is 2.00. The molecule has 2 amide bonds. The van der Waals surface area contributed by atoms with E-state index in [-0.39, 0.29) is 29.9 Å². The molecular formula is C24H21FN4O2S. The molecule has 0 aliphatic carbocycles. The summed E-state index contributed by atoms with van der Waals surface area (Å²) >= 11 is 1.26. The molecule has 1 heterocycles. The van der Waals surface area contributed by atoms with Gasteiger partial charge in [-0.3, -0.25) is 9.59 Å². The number of nitrogens with zero attached hydrogens (tertiary/aromatic N) is 2. The molecule has 0 saturated carbocycles. The minimum absolute atomic E-state index is 0.0137. The maximum atomic E-state index is 13.1. The van der Waals surface area contributed by atoms with E-state index in [4.69, 9.17) is 0 Å². The predicted octanol–water partition coefficient (Wildman–Crippen LogP) is 4.85. The second-order valence-electron chi connectivity index (χ2n) is 7.23. The van der Waals surface area contributed by atoms with Crippen LogP contribution < -0.4 is 10.6 Å². The summed E-state index contributed by atoms with van der Waals surface area (Å²) in [6.07, 6.45) is 0. The Morgan fingerprint density at radius 2 is 1.53 bits per heavy atom. The molecular weight excluding hydrogens is 427 g/mol. The predicted molar refractivity (Wildman–Crippen MR) is 125 cm³/mol. The van der Waals surface area contributed by atoms with Crippen molar-refractivity contribution in [2.24, 2.45) is 0 Å². The molecule has 32 heavy (non-hydrogen) atoms. The summed E-state index contributed by atoms with van der Waals surface area (Å²) in [4.78, 5) is 29.6. The number of hydrogen-bond donors (Lipinski definition) is 2. The molecule has 8 heteroatoms. The normalized spacial score (nSPS) is 10.8. The van der Waals surface area contributed by atoms with Crippen molar-refractivity contribution < 1.29 is 14.0 Å². The van der Waals surface area contributed by atoms with Crippen LogP contribution in [0.25, 0.3) is 11.0 Å². The van der Waals surface area contributed by atoms with E-state index in [2.05, 4.69) is 15.6 Å². The van der Waals surface area contributed by atoms with Gasteiger partial charge in [0.1, 0.15) is 12.4 Å². The summed E-state index contributed by atoms with van der Waals surface area (Å²) in [6, 6.07) is 20.6. The lowest BCUT2D eigenvalue weighted by Gasteiger charge is -2.10. The van der Waals surface area contributed by atoms with Gasteiger partial charge in [-0.25, -0.2) is 9.37 Å². The van der Waals surface area contributed by atoms with Crippen LogP contribution in [0.5, 0.6) is 0 Å². The van der Waals surface area contributed by atoms with E-state index in [1.165, 1.54) is 36.0 Å². The fourth-order valence-corrected chi connectivity index (χ4v) is 3.97. The van der Waals surface area contributed by atoms with Gasteiger partial charge in [-0.1, -0.05) is 41.6 Å². The van der Waals surface area contributed by atoms with E-state index in [0.29, 0.717) is 10.8 Å². The number of fused-ring (bicyclic) bond motifs is 1. The number of rotatable bonds is 7. The van der Waals surface area contributed by atoms with E-state index >= 15 is 0 Å². The number of benzene rings is 3. The van der Waals surface area contributed by atoms with E-state index in [0.717, 1.165) is 22.3 Å². The Kier molecular flexibility index (Phi) is 6.51. The van der Waals surface area contributed by atoms with Gasteiger partial charge in [0.05, 0.1) is 16.8 Å². The lowest BCUT2D eigenvalue weighted by atomic mass is 10.2. The number of imidazole rings is 1. The molecule has 0 bridgehead atoms. The quantitative estimate of drug-likeness (QED) is 0.396. The highest BCUT2D eigenvalue weighted by Gasteiger charge is 2.16. The van der Waals surface area contributed by atoms with Crippen molar-refractivity contribution in [3.05, 3.63) is 84.2 Å². The van der Waals surface area contributed by atoms with Crippen molar-refractivity contribution in [1.29, 1.82) is 0 Å². The molecule has 4 aromatic rings. The second-order valence-corrected chi connectivity index (χ2v) is 8.17. The number of hydrogen-bond acceptors (Lipinski definition) is 4. The van der Waals surface area contributed by atoms with Gasteiger partial charge in [-0.15, -0.1) is 0 Å². The van der Waals surface area contributed by atoms with Crippen LogP contribution in [0.3, 0.4) is 0 Å². The number of thioether (sulfide) groups is 1. The van der Waals surface area contributed by atoms with Crippen LogP contribution in [0.15, 0.2) is 78.0 Å². The largest absolute Gasteiger partial charge is 0.325 e. The van der Waals surface area contributed by atoms with Gasteiger partial charge in [-0.2, -0.15) is 0 Å². The number of amides is 2. The maximum Gasteiger partial charge on any atom is 0.244 e. The molecule has 1 aromatic heterocycles. The van der Waals surface area contributed by atoms with Crippen molar-refractivity contribution in [1.82, 2.24) is 9.55 Å². The molecule has 0 radical (unpaired) electrons. The van der Waals surface area contributed by atoms with Gasteiger partial charge in [0.25, 0.3) is 0 Å². The van der Waals surface area contributed by atoms with Crippen LogP contribution in [-0.4, -0.2) is 27.1 Å². The monoisotopic (exact) mass is 448 g/mol. The Bertz CT molecular complexity index is 1250. The van der Waals surface area contributed by atoms with Gasteiger partial charge in [-0.05, 0) is 55.5 Å². The molecule has 0 aliphatic heterocycles. The number of anilines is 2. The Hall–Kier alpha value is -3.65. The maximum absolute atomic E-state index is 13.1. The zero-order valence-electron chi connectivity index (χ0n) is 17.3. The van der Waals surface area contributed by atoms with E-state index < -0.39 is 0 Å². The summed E-state index contributed by atoms with van der Waals surface area (Å²) in [7, 11) is 0. The van der Waals surface area contributed by atoms with Crippen molar-refractivity contribution in [2.75, 3.05) is 16.4 Å². The van der Waals surface area contributed by atoms with E-state index in [1.54, 1.807) is 4.57 Å². The molecule has 6 nitrogen and oxygen atoms in total. The fraction of sp³-hybridized carbons (Fsp3) is 0.125. The van der Waals surface area contributed by atoms with Crippen LogP contribution >= 0.6 is 11.8 Å². The first-order chi connectivity index (χ1) is 15.5. The highest BCUT2D eigenvalue weighted by atomic mass is 32.2. The van der Waals surface area contributed by atoms with Crippen molar-refractivity contribution in [2.45, 2.75) is 18.6 Å². The van der Waals surface area contributed by atoms with Gasteiger partial charge in [0.15, 0.2) is 5.16 Å². The standard InChI is InChI=1S/C24H21FN4O2S/c1-16-6-10-18(11-7-16)27-23(31)15-32-24-28-20-4-2-3-5-21(20)29(24)14-22(30)26-19-12-8-17(25)9-13-19/h2-13H,14-15H2,1H3,(H,26,30)(H,27,31). The minimum Gasteiger partial charge on any atom is -0.325 e. The highest BCUT2D eigenvalue weighted by Crippen LogP contribution is 2.24. The van der Waals surface area contributed by atoms with Gasteiger partial charge >= 0.3 is 0 Å². The molecule has 0 spiro atoms. The Morgan fingerprint density at radius 3 is 2.25 bits per heavy atom. The van der Waals surface area contributed by atoms with Gasteiger partial charge < -0.3 is 15.2 Å². The zero-order chi connectivity index (χ0) is 22.5. The summed E-state index contributed by atoms with van der Waals surface area (Å²) < 4.78 is 14.9. The van der Waals surface area contributed by atoms with Gasteiger partial charge in [0.2, 0.25) is 11.8 Å². The average molecular weight is 449 g/mol. The van der Waals surface area contributed by atoms with Crippen molar-refractivity contribution >= 4 is 46.0 Å². The number of halogens is 1. The number of nitrogens with one attached hydrogen (secondary N) is 2. The van der Waals surface area contributed by atoms with Crippen molar-refractivity contribution in [3.8, 4) is 0 Å². The third-order valence-corrected chi connectivity index (χ3v) is 5.69. The molecule has 4 rings (SSSR count). The van der Waals surface area contributed by atoms with E-state index in [9.17, 15) is 14.0 Å². The number of aromatic nitrogens is 2. The number of para-hydroxylation sites is 2. The van der Waals surface area contributed by atoms with Crippen molar-refractivity contribution in [3.63, 3.8) is 0 Å². The molecule has 0 fully saturated rings. The number of carbonyl (C=O) groups is 2. The second kappa shape index (κ2) is 9.65. The summed E-state index contributed by atoms with van der Waals surface area (Å²) in [5, 5.41) is 6.19. The lowest BCUT2D eigenvalue weighted by Crippen LogP contribution is -2.20. The van der Waals surface area contributed by atoms with Crippen LogP contribution in [0.4, 0.5) is 15.8 Å². The first-order valence-electron chi connectivity index (χ1n) is 9.98. The number of aryl methyl sites for hydroxylation is 1. The third-order valence-electron chi connectivity index (χ3n) is 4.72. The van der Waals surface area contributed by atoms with Crippen LogP contribution in [0.2, 0.25) is 0 Å². The first kappa shape index (κ1) is 21.6. The molecule has 0 saturated heterocycles. The topological polar surface area (TPSA) is 76.0 Å². The molecule has 3 aromatic carbocycles. The third kappa shape index (κ3) is 5.33. The molecule has 0 atom stereocenters. The van der Waals surface area contributed by atoms with Crippen LogP contribution in [0, 0.1) is 12.7 Å². The minimum atomic E-state index is -0.369. The fourth-order valence-electron chi connectivity index (χ4n) is 3.16. The Labute approximate surface area is 188 Å². The number of carbonyl (C=O) groups excluding carboxylic acids is 2. The molecule has 2 N–H and O–H groups in total. The molecule has 162 valence electrons. The smallest absolute Gasteiger partial charge is 0.244 e. The van der Waals surface area contributed by atoms with E-state index in [1.807, 2.05) is 55.5 Å². The Morgan fingerprint density at radius 1 is 0.906 bits per heavy atom. The van der Waals surface area contributed by atoms with Gasteiger partial charge in [0, 0.05) is 11.4 Å². The highest BCUT2D eigenvalue weighted by molar-refractivity contribution is 7.99. The summed E-state index contributed by atoms with van der Waals surface area (Å²) in [5.41, 5.74) is 3.89. The molecule has 0 unspecified atom stereocenters. The lowest BCUT2D eigenvalue weighted by molar-refractivity contribution is -0.117. The Balaban J connectivity index is 1.47. The first-order valence-corrected chi connectivity index (χ1v) is 11.0. The van der Waals surface area contributed by atoms with Crippen LogP contribution in [-0.2, 0) is 16.1 Å². The average Bonchev–Trinajstić information content (AvgIpc) is 3.13. The SMILES string of the molecule is Cc1ccc(NC(=O)CSc2nc3ccccc3n2CC(=O)Nc2ccc(F)cc2)cc1. The molecule has 0 aliphatic rings. The zero-order valence-corrected chi connectivity index (χ0v) is 18.2. The van der Waals surface area contributed by atoms with Crippen LogP contribution in [0.1, 0.15) is 5.56 Å². The summed E-state index contributed by atoms with van der Waals surface area (Å²) in [5.74, 6) is -0.651.